The second-order valence-electron chi connectivity index (χ2n) is 5.18. The molecule has 0 bridgehead atoms. The van der Waals surface area contributed by atoms with Gasteiger partial charge in [-0.25, -0.2) is 0 Å². The smallest absolute Gasteiger partial charge is 0.0703 e. The van der Waals surface area contributed by atoms with E-state index >= 15 is 0 Å². The second kappa shape index (κ2) is 6.69. The Labute approximate surface area is 104 Å². The molecule has 2 fully saturated rings. The number of piperidine rings is 1. The highest BCUT2D eigenvalue weighted by molar-refractivity contribution is 4.85. The molecule has 4 heteroatoms. The molecule has 0 aromatic rings. The van der Waals surface area contributed by atoms with Crippen molar-refractivity contribution in [2.75, 3.05) is 32.8 Å². The van der Waals surface area contributed by atoms with Crippen LogP contribution < -0.4 is 5.73 Å². The Hall–Kier alpha value is -0.160. The minimum atomic E-state index is 0.407. The Balaban J connectivity index is 1.67. The molecule has 0 radical (unpaired) electrons. The summed E-state index contributed by atoms with van der Waals surface area (Å²) >= 11 is 0. The van der Waals surface area contributed by atoms with Gasteiger partial charge in [-0.1, -0.05) is 0 Å². The molecule has 0 saturated carbocycles. The van der Waals surface area contributed by atoms with E-state index in [4.69, 9.17) is 15.2 Å². The maximum absolute atomic E-state index is 5.82. The van der Waals surface area contributed by atoms with E-state index in [1.165, 1.54) is 6.42 Å². The standard InChI is InChI=1S/C13H26N2O2/c1-11-13(5-10-16-11)15-7-3-12(4-8-15)17-9-2-6-14/h11-13H,2-10,14H2,1H3. The van der Waals surface area contributed by atoms with Crippen molar-refractivity contribution in [1.82, 2.24) is 4.90 Å². The van der Waals surface area contributed by atoms with Crippen LogP contribution in [0.1, 0.15) is 32.6 Å². The molecule has 0 aromatic heterocycles. The average molecular weight is 242 g/mol. The van der Waals surface area contributed by atoms with E-state index in [1.54, 1.807) is 0 Å². The molecule has 2 unspecified atom stereocenters. The van der Waals surface area contributed by atoms with Gasteiger partial charge in [-0.2, -0.15) is 0 Å². The Bertz CT molecular complexity index is 217. The van der Waals surface area contributed by atoms with Crippen molar-refractivity contribution in [3.05, 3.63) is 0 Å². The topological polar surface area (TPSA) is 47.7 Å². The molecule has 2 saturated heterocycles. The van der Waals surface area contributed by atoms with Gasteiger partial charge in [0.2, 0.25) is 0 Å². The highest BCUT2D eigenvalue weighted by Crippen LogP contribution is 2.24. The molecule has 2 aliphatic heterocycles. The zero-order valence-corrected chi connectivity index (χ0v) is 10.9. The van der Waals surface area contributed by atoms with Gasteiger partial charge in [0.1, 0.15) is 0 Å². The van der Waals surface area contributed by atoms with Gasteiger partial charge < -0.3 is 15.2 Å². The van der Waals surface area contributed by atoms with Crippen LogP contribution in [0.4, 0.5) is 0 Å². The molecular weight excluding hydrogens is 216 g/mol. The molecule has 17 heavy (non-hydrogen) atoms. The van der Waals surface area contributed by atoms with Gasteiger partial charge in [0.15, 0.2) is 0 Å². The van der Waals surface area contributed by atoms with Crippen LogP contribution in [0.25, 0.3) is 0 Å². The predicted molar refractivity (Wildman–Crippen MR) is 68.0 cm³/mol. The van der Waals surface area contributed by atoms with Crippen molar-refractivity contribution in [1.29, 1.82) is 0 Å². The van der Waals surface area contributed by atoms with E-state index < -0.39 is 0 Å². The number of rotatable bonds is 5. The first-order valence-corrected chi connectivity index (χ1v) is 6.98. The third-order valence-corrected chi connectivity index (χ3v) is 3.98. The quantitative estimate of drug-likeness (QED) is 0.731. The Morgan fingerprint density at radius 2 is 2.06 bits per heavy atom. The maximum atomic E-state index is 5.82. The van der Waals surface area contributed by atoms with Gasteiger partial charge in [-0.15, -0.1) is 0 Å². The van der Waals surface area contributed by atoms with E-state index in [0.29, 0.717) is 18.2 Å². The van der Waals surface area contributed by atoms with Crippen molar-refractivity contribution in [3.8, 4) is 0 Å². The Morgan fingerprint density at radius 1 is 1.29 bits per heavy atom. The number of ether oxygens (including phenoxy) is 2. The lowest BCUT2D eigenvalue weighted by atomic mass is 10.0. The zero-order chi connectivity index (χ0) is 12.1. The molecule has 0 aliphatic carbocycles. The summed E-state index contributed by atoms with van der Waals surface area (Å²) < 4.78 is 11.5. The molecule has 4 nitrogen and oxygen atoms in total. The van der Waals surface area contributed by atoms with Crippen LogP contribution in [0.2, 0.25) is 0 Å². The fourth-order valence-electron chi connectivity index (χ4n) is 2.91. The summed E-state index contributed by atoms with van der Waals surface area (Å²) in [5.41, 5.74) is 5.46. The highest BCUT2D eigenvalue weighted by Gasteiger charge is 2.32. The van der Waals surface area contributed by atoms with Crippen LogP contribution in [-0.4, -0.2) is 56.0 Å². The van der Waals surface area contributed by atoms with Crippen LogP contribution in [0.5, 0.6) is 0 Å². The highest BCUT2D eigenvalue weighted by atomic mass is 16.5. The van der Waals surface area contributed by atoms with Crippen LogP contribution >= 0.6 is 0 Å². The van der Waals surface area contributed by atoms with E-state index in [9.17, 15) is 0 Å². The second-order valence-corrected chi connectivity index (χ2v) is 5.18. The van der Waals surface area contributed by atoms with Gasteiger partial charge in [0, 0.05) is 32.3 Å². The molecule has 0 aromatic carbocycles. The van der Waals surface area contributed by atoms with Crippen molar-refractivity contribution < 1.29 is 9.47 Å². The van der Waals surface area contributed by atoms with Crippen molar-refractivity contribution in [2.24, 2.45) is 5.73 Å². The largest absolute Gasteiger partial charge is 0.378 e. The van der Waals surface area contributed by atoms with Crippen LogP contribution in [0.15, 0.2) is 0 Å². The van der Waals surface area contributed by atoms with Crippen molar-refractivity contribution in [2.45, 2.75) is 50.9 Å². The third-order valence-electron chi connectivity index (χ3n) is 3.98. The maximum Gasteiger partial charge on any atom is 0.0703 e. The molecule has 2 N–H and O–H groups in total. The summed E-state index contributed by atoms with van der Waals surface area (Å²) in [7, 11) is 0. The normalized spacial score (nSPS) is 32.1. The van der Waals surface area contributed by atoms with E-state index in [1.807, 2.05) is 0 Å². The first-order valence-electron chi connectivity index (χ1n) is 6.98. The fraction of sp³-hybridized carbons (Fsp3) is 1.00. The zero-order valence-electron chi connectivity index (χ0n) is 10.9. The molecule has 2 heterocycles. The van der Waals surface area contributed by atoms with Crippen molar-refractivity contribution in [3.63, 3.8) is 0 Å². The Morgan fingerprint density at radius 3 is 2.65 bits per heavy atom. The lowest BCUT2D eigenvalue weighted by Gasteiger charge is -2.36. The lowest BCUT2D eigenvalue weighted by molar-refractivity contribution is -0.0115. The lowest BCUT2D eigenvalue weighted by Crippen LogP contribution is -2.46. The molecule has 100 valence electrons. The van der Waals surface area contributed by atoms with Crippen molar-refractivity contribution >= 4 is 0 Å². The number of nitrogens with zero attached hydrogens (tertiary/aromatic N) is 1. The van der Waals surface area contributed by atoms with E-state index in [2.05, 4.69) is 11.8 Å². The summed E-state index contributed by atoms with van der Waals surface area (Å²) in [5, 5.41) is 0. The molecule has 2 aliphatic rings. The fourth-order valence-corrected chi connectivity index (χ4v) is 2.91. The summed E-state index contributed by atoms with van der Waals surface area (Å²) in [6.07, 6.45) is 5.36. The molecule has 2 rings (SSSR count). The minimum Gasteiger partial charge on any atom is -0.378 e. The van der Waals surface area contributed by atoms with E-state index in [0.717, 1.165) is 52.1 Å². The number of hydrogen-bond acceptors (Lipinski definition) is 4. The van der Waals surface area contributed by atoms with Gasteiger partial charge >= 0.3 is 0 Å². The van der Waals surface area contributed by atoms with Gasteiger partial charge in [0.25, 0.3) is 0 Å². The SMILES string of the molecule is CC1OCCC1N1CCC(OCCCN)CC1. The minimum absolute atomic E-state index is 0.407. The monoisotopic (exact) mass is 242 g/mol. The summed E-state index contributed by atoms with van der Waals surface area (Å²) in [5.74, 6) is 0. The molecular formula is C13H26N2O2. The summed E-state index contributed by atoms with van der Waals surface area (Å²) in [6, 6.07) is 0.639. The summed E-state index contributed by atoms with van der Waals surface area (Å²) in [4.78, 5) is 2.58. The van der Waals surface area contributed by atoms with Crippen LogP contribution in [0, 0.1) is 0 Å². The van der Waals surface area contributed by atoms with Crippen LogP contribution in [-0.2, 0) is 9.47 Å². The van der Waals surface area contributed by atoms with E-state index in [-0.39, 0.29) is 0 Å². The number of likely N-dealkylation sites (tertiary alicyclic amines) is 1. The molecule has 2 atom stereocenters. The number of nitrogens with two attached hydrogens (primary N) is 1. The first-order chi connectivity index (χ1) is 8.31. The molecule has 0 amide bonds. The first kappa shape index (κ1) is 13.3. The van der Waals surface area contributed by atoms with Gasteiger partial charge in [0.05, 0.1) is 12.2 Å². The van der Waals surface area contributed by atoms with Gasteiger partial charge in [-0.3, -0.25) is 4.90 Å². The van der Waals surface area contributed by atoms with Crippen LogP contribution in [0.3, 0.4) is 0 Å². The average Bonchev–Trinajstić information content (AvgIpc) is 2.77. The Kier molecular flexibility index (Phi) is 5.22. The number of hydrogen-bond donors (Lipinski definition) is 1. The third kappa shape index (κ3) is 3.65. The molecule has 0 spiro atoms. The summed E-state index contributed by atoms with van der Waals surface area (Å²) in [6.45, 7) is 7.00. The predicted octanol–water partition coefficient (Wildman–Crippen LogP) is 0.994. The van der Waals surface area contributed by atoms with Gasteiger partial charge in [-0.05, 0) is 39.2 Å².